The van der Waals surface area contributed by atoms with Gasteiger partial charge in [-0.3, -0.25) is 14.6 Å². The SMILES string of the molecule is Cc1ccc(NC(=O)c2nccnc2C)cc1C(=O)N1CCOCC1. The summed E-state index contributed by atoms with van der Waals surface area (Å²) in [7, 11) is 0. The average Bonchev–Trinajstić information content (AvgIpc) is 2.63. The van der Waals surface area contributed by atoms with E-state index in [2.05, 4.69) is 15.3 Å². The minimum Gasteiger partial charge on any atom is -0.378 e. The molecule has 0 aliphatic carbocycles. The zero-order valence-electron chi connectivity index (χ0n) is 14.3. The van der Waals surface area contributed by atoms with Crippen molar-refractivity contribution in [3.05, 3.63) is 53.1 Å². The number of hydrogen-bond donors (Lipinski definition) is 1. The van der Waals surface area contributed by atoms with Gasteiger partial charge in [-0.1, -0.05) is 6.07 Å². The van der Waals surface area contributed by atoms with Crippen molar-refractivity contribution >= 4 is 17.5 Å². The summed E-state index contributed by atoms with van der Waals surface area (Å²) >= 11 is 0. The van der Waals surface area contributed by atoms with Gasteiger partial charge in [0.1, 0.15) is 5.69 Å². The number of morpholine rings is 1. The van der Waals surface area contributed by atoms with Crippen LogP contribution in [-0.4, -0.2) is 53.0 Å². The number of ether oxygens (including phenoxy) is 1. The van der Waals surface area contributed by atoms with Gasteiger partial charge in [0.25, 0.3) is 11.8 Å². The van der Waals surface area contributed by atoms with Gasteiger partial charge in [0, 0.05) is 36.7 Å². The Bertz CT molecular complexity index is 801. The summed E-state index contributed by atoms with van der Waals surface area (Å²) in [6, 6.07) is 5.30. The van der Waals surface area contributed by atoms with E-state index in [-0.39, 0.29) is 17.5 Å². The van der Waals surface area contributed by atoms with E-state index in [9.17, 15) is 9.59 Å². The van der Waals surface area contributed by atoms with Gasteiger partial charge in [-0.15, -0.1) is 0 Å². The zero-order valence-corrected chi connectivity index (χ0v) is 14.3. The van der Waals surface area contributed by atoms with E-state index in [4.69, 9.17) is 4.74 Å². The number of aryl methyl sites for hydroxylation is 2. The van der Waals surface area contributed by atoms with E-state index in [0.29, 0.717) is 43.2 Å². The Labute approximate surface area is 146 Å². The second-order valence-electron chi connectivity index (χ2n) is 5.88. The average molecular weight is 340 g/mol. The van der Waals surface area contributed by atoms with Crippen molar-refractivity contribution in [1.82, 2.24) is 14.9 Å². The Morgan fingerprint density at radius 2 is 1.84 bits per heavy atom. The summed E-state index contributed by atoms with van der Waals surface area (Å²) < 4.78 is 5.29. The molecule has 2 amide bonds. The van der Waals surface area contributed by atoms with E-state index in [0.717, 1.165) is 5.56 Å². The molecule has 1 aromatic heterocycles. The van der Waals surface area contributed by atoms with Crippen molar-refractivity contribution in [2.45, 2.75) is 13.8 Å². The van der Waals surface area contributed by atoms with Crippen molar-refractivity contribution in [2.75, 3.05) is 31.6 Å². The van der Waals surface area contributed by atoms with E-state index in [1.807, 2.05) is 13.0 Å². The fourth-order valence-corrected chi connectivity index (χ4v) is 2.69. The number of nitrogens with zero attached hydrogens (tertiary/aromatic N) is 3. The smallest absolute Gasteiger partial charge is 0.276 e. The van der Waals surface area contributed by atoms with Crippen LogP contribution in [0.25, 0.3) is 0 Å². The van der Waals surface area contributed by atoms with Crippen molar-refractivity contribution in [3.63, 3.8) is 0 Å². The first-order valence-electron chi connectivity index (χ1n) is 8.13. The second-order valence-corrected chi connectivity index (χ2v) is 5.88. The Kier molecular flexibility index (Phi) is 5.04. The molecule has 25 heavy (non-hydrogen) atoms. The van der Waals surface area contributed by atoms with Gasteiger partial charge in [-0.05, 0) is 31.5 Å². The molecule has 0 saturated carbocycles. The highest BCUT2D eigenvalue weighted by atomic mass is 16.5. The molecule has 130 valence electrons. The molecule has 7 nitrogen and oxygen atoms in total. The van der Waals surface area contributed by atoms with Crippen LogP contribution < -0.4 is 5.32 Å². The lowest BCUT2D eigenvalue weighted by atomic mass is 10.1. The normalized spacial score (nSPS) is 14.2. The summed E-state index contributed by atoms with van der Waals surface area (Å²) in [5.41, 5.74) is 2.82. The molecular formula is C18H20N4O3. The molecule has 3 rings (SSSR count). The number of anilines is 1. The van der Waals surface area contributed by atoms with E-state index in [1.54, 1.807) is 24.0 Å². The molecule has 1 aliphatic rings. The molecule has 0 atom stereocenters. The maximum absolute atomic E-state index is 12.7. The third kappa shape index (κ3) is 3.83. The van der Waals surface area contributed by atoms with E-state index >= 15 is 0 Å². The highest BCUT2D eigenvalue weighted by molar-refractivity contribution is 6.04. The fourth-order valence-electron chi connectivity index (χ4n) is 2.69. The summed E-state index contributed by atoms with van der Waals surface area (Å²) in [6.45, 7) is 5.86. The van der Waals surface area contributed by atoms with Crippen LogP contribution in [0.4, 0.5) is 5.69 Å². The summed E-state index contributed by atoms with van der Waals surface area (Å²) in [4.78, 5) is 35.0. The number of rotatable bonds is 3. The van der Waals surface area contributed by atoms with Crippen LogP contribution in [0.3, 0.4) is 0 Å². The molecule has 1 aliphatic heterocycles. The number of nitrogens with one attached hydrogen (secondary N) is 1. The number of amides is 2. The Balaban J connectivity index is 1.80. The lowest BCUT2D eigenvalue weighted by Gasteiger charge is -2.27. The molecule has 7 heteroatoms. The Hall–Kier alpha value is -2.80. The quantitative estimate of drug-likeness (QED) is 0.921. The standard InChI is InChI=1S/C18H20N4O3/c1-12-3-4-14(21-17(23)16-13(2)19-5-6-20-16)11-15(12)18(24)22-7-9-25-10-8-22/h3-6,11H,7-10H2,1-2H3,(H,21,23). The van der Waals surface area contributed by atoms with Gasteiger partial charge >= 0.3 is 0 Å². The Morgan fingerprint density at radius 1 is 1.12 bits per heavy atom. The van der Waals surface area contributed by atoms with Crippen molar-refractivity contribution in [3.8, 4) is 0 Å². The summed E-state index contributed by atoms with van der Waals surface area (Å²) in [5, 5.41) is 2.79. The number of aromatic nitrogens is 2. The number of hydrogen-bond acceptors (Lipinski definition) is 5. The number of benzene rings is 1. The summed E-state index contributed by atoms with van der Waals surface area (Å²) in [5.74, 6) is -0.396. The molecule has 1 N–H and O–H groups in total. The van der Waals surface area contributed by atoms with Gasteiger partial charge in [0.05, 0.1) is 18.9 Å². The van der Waals surface area contributed by atoms with Crippen molar-refractivity contribution in [2.24, 2.45) is 0 Å². The molecule has 1 aromatic carbocycles. The first-order chi connectivity index (χ1) is 12.1. The number of carbonyl (C=O) groups excluding carboxylic acids is 2. The lowest BCUT2D eigenvalue weighted by Crippen LogP contribution is -2.41. The third-order valence-electron chi connectivity index (χ3n) is 4.12. The van der Waals surface area contributed by atoms with Gasteiger partial charge in [-0.25, -0.2) is 4.98 Å². The monoisotopic (exact) mass is 340 g/mol. The zero-order chi connectivity index (χ0) is 17.8. The Morgan fingerprint density at radius 3 is 2.56 bits per heavy atom. The highest BCUT2D eigenvalue weighted by Gasteiger charge is 2.21. The number of carbonyl (C=O) groups is 2. The topological polar surface area (TPSA) is 84.4 Å². The molecule has 1 fully saturated rings. The second kappa shape index (κ2) is 7.40. The van der Waals surface area contributed by atoms with Gasteiger partial charge < -0.3 is 15.0 Å². The van der Waals surface area contributed by atoms with Gasteiger partial charge in [0.2, 0.25) is 0 Å². The van der Waals surface area contributed by atoms with E-state index < -0.39 is 0 Å². The molecule has 1 saturated heterocycles. The minimum absolute atomic E-state index is 0.0485. The summed E-state index contributed by atoms with van der Waals surface area (Å²) in [6.07, 6.45) is 3.02. The van der Waals surface area contributed by atoms with Crippen LogP contribution in [0, 0.1) is 13.8 Å². The predicted molar refractivity (Wildman–Crippen MR) is 92.6 cm³/mol. The van der Waals surface area contributed by atoms with Crippen LogP contribution >= 0.6 is 0 Å². The third-order valence-corrected chi connectivity index (χ3v) is 4.12. The largest absolute Gasteiger partial charge is 0.378 e. The molecule has 0 bridgehead atoms. The molecule has 2 aromatic rings. The maximum atomic E-state index is 12.7. The van der Waals surface area contributed by atoms with Crippen LogP contribution in [-0.2, 0) is 4.74 Å². The predicted octanol–water partition coefficient (Wildman–Crippen LogP) is 1.82. The van der Waals surface area contributed by atoms with Gasteiger partial charge in [-0.2, -0.15) is 0 Å². The molecular weight excluding hydrogens is 320 g/mol. The molecule has 0 unspecified atom stereocenters. The fraction of sp³-hybridized carbons (Fsp3) is 0.333. The van der Waals surface area contributed by atoms with Crippen molar-refractivity contribution < 1.29 is 14.3 Å². The minimum atomic E-state index is -0.348. The first-order valence-corrected chi connectivity index (χ1v) is 8.13. The van der Waals surface area contributed by atoms with Crippen molar-refractivity contribution in [1.29, 1.82) is 0 Å². The maximum Gasteiger partial charge on any atom is 0.276 e. The van der Waals surface area contributed by atoms with E-state index in [1.165, 1.54) is 12.4 Å². The molecule has 2 heterocycles. The van der Waals surface area contributed by atoms with Crippen LogP contribution in [0.1, 0.15) is 32.1 Å². The van der Waals surface area contributed by atoms with Crippen LogP contribution in [0.5, 0.6) is 0 Å². The lowest BCUT2D eigenvalue weighted by molar-refractivity contribution is 0.0302. The molecule has 0 radical (unpaired) electrons. The van der Waals surface area contributed by atoms with Gasteiger partial charge in [0.15, 0.2) is 0 Å². The van der Waals surface area contributed by atoms with Crippen LogP contribution in [0.15, 0.2) is 30.6 Å². The highest BCUT2D eigenvalue weighted by Crippen LogP contribution is 2.19. The molecule has 0 spiro atoms. The van der Waals surface area contributed by atoms with Crippen LogP contribution in [0.2, 0.25) is 0 Å². The first kappa shape index (κ1) is 17.0.